The second-order valence-corrected chi connectivity index (χ2v) is 5.77. The van der Waals surface area contributed by atoms with E-state index in [1.807, 2.05) is 31.3 Å². The number of ether oxygens (including phenoxy) is 1. The summed E-state index contributed by atoms with van der Waals surface area (Å²) < 4.78 is 5.15. The van der Waals surface area contributed by atoms with Crippen LogP contribution in [0.25, 0.3) is 0 Å². The first-order chi connectivity index (χ1) is 10.1. The van der Waals surface area contributed by atoms with Gasteiger partial charge in [-0.25, -0.2) is 0 Å². The lowest BCUT2D eigenvalue weighted by Crippen LogP contribution is -2.52. The Bertz CT molecular complexity index is 484. The molecule has 1 saturated carbocycles. The minimum absolute atomic E-state index is 0.00822. The van der Waals surface area contributed by atoms with Crippen LogP contribution in [0.3, 0.4) is 0 Å². The SMILES string of the molecule is COc1cccc(NC(=O)CN(C)C2(CN)CCCC2)c1. The van der Waals surface area contributed by atoms with Crippen molar-refractivity contribution >= 4 is 11.6 Å². The Morgan fingerprint density at radius 1 is 1.43 bits per heavy atom. The molecule has 1 aliphatic carbocycles. The van der Waals surface area contributed by atoms with Crippen LogP contribution in [0, 0.1) is 0 Å². The van der Waals surface area contributed by atoms with E-state index < -0.39 is 0 Å². The molecule has 116 valence electrons. The predicted octanol–water partition coefficient (Wildman–Crippen LogP) is 1.84. The van der Waals surface area contributed by atoms with Gasteiger partial charge in [0.1, 0.15) is 5.75 Å². The molecule has 3 N–H and O–H groups in total. The molecule has 0 atom stereocenters. The van der Waals surface area contributed by atoms with Crippen LogP contribution in [-0.4, -0.2) is 43.6 Å². The number of nitrogens with zero attached hydrogens (tertiary/aromatic N) is 1. The smallest absolute Gasteiger partial charge is 0.238 e. The van der Waals surface area contributed by atoms with Gasteiger partial charge in [-0.2, -0.15) is 0 Å². The largest absolute Gasteiger partial charge is 0.497 e. The first kappa shape index (κ1) is 15.8. The molecule has 5 nitrogen and oxygen atoms in total. The summed E-state index contributed by atoms with van der Waals surface area (Å²) in [5.41, 5.74) is 6.69. The number of hydrogen-bond donors (Lipinski definition) is 2. The van der Waals surface area contributed by atoms with Gasteiger partial charge in [0.15, 0.2) is 0 Å². The molecule has 0 radical (unpaired) electrons. The fourth-order valence-corrected chi connectivity index (χ4v) is 3.06. The Kier molecular flexibility index (Phi) is 5.20. The van der Waals surface area contributed by atoms with Gasteiger partial charge in [-0.15, -0.1) is 0 Å². The van der Waals surface area contributed by atoms with Crippen molar-refractivity contribution in [1.29, 1.82) is 0 Å². The van der Waals surface area contributed by atoms with E-state index in [0.29, 0.717) is 13.1 Å². The van der Waals surface area contributed by atoms with E-state index in [9.17, 15) is 4.79 Å². The lowest BCUT2D eigenvalue weighted by molar-refractivity contribution is -0.118. The van der Waals surface area contributed by atoms with Gasteiger partial charge in [0.25, 0.3) is 0 Å². The third-order valence-corrected chi connectivity index (χ3v) is 4.46. The highest BCUT2D eigenvalue weighted by molar-refractivity contribution is 5.92. The molecule has 1 aliphatic rings. The number of rotatable bonds is 6. The quantitative estimate of drug-likeness (QED) is 0.839. The van der Waals surface area contributed by atoms with Crippen LogP contribution in [0.15, 0.2) is 24.3 Å². The summed E-state index contributed by atoms with van der Waals surface area (Å²) in [4.78, 5) is 14.3. The maximum absolute atomic E-state index is 12.2. The summed E-state index contributed by atoms with van der Waals surface area (Å²) in [5, 5.41) is 2.91. The molecule has 0 aliphatic heterocycles. The number of carbonyl (C=O) groups is 1. The van der Waals surface area contributed by atoms with E-state index in [1.54, 1.807) is 7.11 Å². The normalized spacial score (nSPS) is 17.0. The lowest BCUT2D eigenvalue weighted by Gasteiger charge is -2.37. The molecule has 0 aromatic heterocycles. The molecule has 1 aromatic carbocycles. The summed E-state index contributed by atoms with van der Waals surface area (Å²) in [6.07, 6.45) is 4.54. The van der Waals surface area contributed by atoms with Crippen molar-refractivity contribution < 1.29 is 9.53 Å². The van der Waals surface area contributed by atoms with Crippen molar-refractivity contribution in [3.63, 3.8) is 0 Å². The molecule has 0 heterocycles. The Balaban J connectivity index is 1.94. The molecule has 0 unspecified atom stereocenters. The molecule has 0 spiro atoms. The molecule has 5 heteroatoms. The van der Waals surface area contributed by atoms with E-state index in [1.165, 1.54) is 12.8 Å². The van der Waals surface area contributed by atoms with Crippen molar-refractivity contribution in [2.45, 2.75) is 31.2 Å². The second-order valence-electron chi connectivity index (χ2n) is 5.77. The van der Waals surface area contributed by atoms with Gasteiger partial charge >= 0.3 is 0 Å². The summed E-state index contributed by atoms with van der Waals surface area (Å²) in [5.74, 6) is 0.709. The highest BCUT2D eigenvalue weighted by Crippen LogP contribution is 2.33. The van der Waals surface area contributed by atoms with Crippen LogP contribution in [0.5, 0.6) is 5.75 Å². The van der Waals surface area contributed by atoms with E-state index >= 15 is 0 Å². The Hall–Kier alpha value is -1.59. The van der Waals surface area contributed by atoms with E-state index in [-0.39, 0.29) is 11.4 Å². The van der Waals surface area contributed by atoms with Crippen molar-refractivity contribution in [3.05, 3.63) is 24.3 Å². The zero-order valence-corrected chi connectivity index (χ0v) is 12.9. The molecule has 1 fully saturated rings. The van der Waals surface area contributed by atoms with Gasteiger partial charge in [0.2, 0.25) is 5.91 Å². The van der Waals surface area contributed by atoms with Crippen molar-refractivity contribution in [1.82, 2.24) is 4.90 Å². The fraction of sp³-hybridized carbons (Fsp3) is 0.562. The average molecular weight is 291 g/mol. The first-order valence-electron chi connectivity index (χ1n) is 7.45. The highest BCUT2D eigenvalue weighted by atomic mass is 16.5. The number of amides is 1. The zero-order chi connectivity index (χ0) is 15.3. The molecule has 21 heavy (non-hydrogen) atoms. The number of anilines is 1. The highest BCUT2D eigenvalue weighted by Gasteiger charge is 2.36. The molecule has 0 saturated heterocycles. The summed E-state index contributed by atoms with van der Waals surface area (Å²) in [6, 6.07) is 7.38. The van der Waals surface area contributed by atoms with Crippen LogP contribution in [0.2, 0.25) is 0 Å². The number of nitrogens with two attached hydrogens (primary N) is 1. The van der Waals surface area contributed by atoms with Crippen LogP contribution in [0.4, 0.5) is 5.69 Å². The van der Waals surface area contributed by atoms with Crippen molar-refractivity contribution in [2.75, 3.05) is 32.6 Å². The van der Waals surface area contributed by atoms with Gasteiger partial charge in [0, 0.05) is 23.8 Å². The molecule has 1 amide bonds. The molecule has 2 rings (SSSR count). The monoisotopic (exact) mass is 291 g/mol. The standard InChI is InChI=1S/C16H25N3O2/c1-19(16(12-17)8-3-4-9-16)11-15(20)18-13-6-5-7-14(10-13)21-2/h5-7,10H,3-4,8-9,11-12,17H2,1-2H3,(H,18,20). The van der Waals surface area contributed by atoms with Crippen molar-refractivity contribution in [3.8, 4) is 5.75 Å². The minimum Gasteiger partial charge on any atom is -0.497 e. The first-order valence-corrected chi connectivity index (χ1v) is 7.45. The summed E-state index contributed by atoms with van der Waals surface area (Å²) in [6.45, 7) is 0.963. The Labute approximate surface area is 126 Å². The number of hydrogen-bond acceptors (Lipinski definition) is 4. The van der Waals surface area contributed by atoms with E-state index in [0.717, 1.165) is 24.3 Å². The van der Waals surface area contributed by atoms with E-state index in [4.69, 9.17) is 10.5 Å². The second kappa shape index (κ2) is 6.91. The number of methoxy groups -OCH3 is 1. The molecule has 0 bridgehead atoms. The van der Waals surface area contributed by atoms with Crippen LogP contribution in [-0.2, 0) is 4.79 Å². The third-order valence-electron chi connectivity index (χ3n) is 4.46. The topological polar surface area (TPSA) is 67.6 Å². The summed E-state index contributed by atoms with van der Waals surface area (Å²) in [7, 11) is 3.60. The Morgan fingerprint density at radius 3 is 2.76 bits per heavy atom. The maximum atomic E-state index is 12.2. The lowest BCUT2D eigenvalue weighted by atomic mass is 9.96. The van der Waals surface area contributed by atoms with E-state index in [2.05, 4.69) is 10.2 Å². The fourth-order valence-electron chi connectivity index (χ4n) is 3.06. The number of likely N-dealkylation sites (N-methyl/N-ethyl adjacent to an activating group) is 1. The third kappa shape index (κ3) is 3.74. The van der Waals surface area contributed by atoms with Gasteiger partial charge in [-0.05, 0) is 32.0 Å². The van der Waals surface area contributed by atoms with Gasteiger partial charge in [-0.3, -0.25) is 9.69 Å². The maximum Gasteiger partial charge on any atom is 0.238 e. The van der Waals surface area contributed by atoms with Crippen molar-refractivity contribution in [2.24, 2.45) is 5.73 Å². The number of benzene rings is 1. The molecular weight excluding hydrogens is 266 g/mol. The zero-order valence-electron chi connectivity index (χ0n) is 12.9. The predicted molar refractivity (Wildman–Crippen MR) is 84.5 cm³/mol. The van der Waals surface area contributed by atoms with Crippen LogP contribution < -0.4 is 15.8 Å². The van der Waals surface area contributed by atoms with Crippen LogP contribution >= 0.6 is 0 Å². The van der Waals surface area contributed by atoms with Gasteiger partial charge < -0.3 is 15.8 Å². The Morgan fingerprint density at radius 2 is 2.14 bits per heavy atom. The van der Waals surface area contributed by atoms with Gasteiger partial charge in [0.05, 0.1) is 13.7 Å². The minimum atomic E-state index is -0.0227. The molecule has 1 aromatic rings. The average Bonchev–Trinajstić information content (AvgIpc) is 2.97. The molecular formula is C16H25N3O2. The number of nitrogens with one attached hydrogen (secondary N) is 1. The van der Waals surface area contributed by atoms with Crippen LogP contribution in [0.1, 0.15) is 25.7 Å². The van der Waals surface area contributed by atoms with Gasteiger partial charge in [-0.1, -0.05) is 18.9 Å². The summed E-state index contributed by atoms with van der Waals surface area (Å²) >= 11 is 0. The number of carbonyl (C=O) groups excluding carboxylic acids is 1.